The van der Waals surface area contributed by atoms with Crippen LogP contribution < -0.4 is 5.46 Å². The van der Waals surface area contributed by atoms with Gasteiger partial charge >= 0.3 is 7.12 Å². The fraction of sp³-hybridized carbons (Fsp3) is 0.438. The van der Waals surface area contributed by atoms with Gasteiger partial charge in [0.25, 0.3) is 0 Å². The van der Waals surface area contributed by atoms with Crippen LogP contribution in [0, 0.1) is 6.92 Å². The highest BCUT2D eigenvalue weighted by atomic mass is 32.1. The molecule has 0 radical (unpaired) electrons. The lowest BCUT2D eigenvalue weighted by molar-refractivity contribution is 0.00578. The predicted octanol–water partition coefficient (Wildman–Crippen LogP) is 3.42. The largest absolute Gasteiger partial charge is 0.494 e. The van der Waals surface area contributed by atoms with E-state index in [0.717, 1.165) is 10.3 Å². The molecule has 2 heterocycles. The van der Waals surface area contributed by atoms with Gasteiger partial charge in [0.2, 0.25) is 0 Å². The van der Waals surface area contributed by atoms with E-state index in [2.05, 4.69) is 57.8 Å². The Morgan fingerprint density at radius 2 is 1.71 bits per heavy atom. The highest BCUT2D eigenvalue weighted by molar-refractivity contribution is 7.13. The summed E-state index contributed by atoms with van der Waals surface area (Å²) in [4.78, 5) is 5.32. The van der Waals surface area contributed by atoms with Crippen LogP contribution >= 0.6 is 11.3 Å². The van der Waals surface area contributed by atoms with Crippen molar-refractivity contribution in [2.45, 2.75) is 45.8 Å². The van der Waals surface area contributed by atoms with Gasteiger partial charge in [-0.1, -0.05) is 23.8 Å². The lowest BCUT2D eigenvalue weighted by Gasteiger charge is -2.32. The van der Waals surface area contributed by atoms with Crippen molar-refractivity contribution in [3.63, 3.8) is 0 Å². The summed E-state index contributed by atoms with van der Waals surface area (Å²) < 4.78 is 12.3. The van der Waals surface area contributed by atoms with E-state index in [9.17, 15) is 0 Å². The van der Waals surface area contributed by atoms with E-state index >= 15 is 0 Å². The number of thiazole rings is 1. The average molecular weight is 301 g/mol. The molecule has 0 unspecified atom stereocenters. The van der Waals surface area contributed by atoms with Gasteiger partial charge < -0.3 is 9.31 Å². The number of rotatable bonds is 2. The molecule has 3 rings (SSSR count). The number of benzene rings is 1. The molecule has 1 aliphatic rings. The number of aryl methyl sites for hydroxylation is 1. The first kappa shape index (κ1) is 14.8. The Morgan fingerprint density at radius 3 is 2.29 bits per heavy atom. The second-order valence-electron chi connectivity index (χ2n) is 6.59. The van der Waals surface area contributed by atoms with Crippen LogP contribution in [0.1, 0.15) is 33.3 Å². The molecule has 0 aliphatic carbocycles. The Balaban J connectivity index is 1.97. The molecule has 5 heteroatoms. The van der Waals surface area contributed by atoms with Crippen molar-refractivity contribution in [3.05, 3.63) is 35.5 Å². The maximum absolute atomic E-state index is 6.14. The SMILES string of the molecule is Cc1cc(B2OC(C)(C)C(C)(C)O2)cc(-c2cncs2)c1. The van der Waals surface area contributed by atoms with Crippen LogP contribution in [0.4, 0.5) is 0 Å². The second kappa shape index (κ2) is 4.94. The van der Waals surface area contributed by atoms with Gasteiger partial charge in [0.05, 0.1) is 21.6 Å². The molecular weight excluding hydrogens is 281 g/mol. The van der Waals surface area contributed by atoms with Crippen molar-refractivity contribution in [2.75, 3.05) is 0 Å². The van der Waals surface area contributed by atoms with Gasteiger partial charge in [-0.25, -0.2) is 0 Å². The summed E-state index contributed by atoms with van der Waals surface area (Å²) in [6.45, 7) is 10.4. The van der Waals surface area contributed by atoms with E-state index in [0.29, 0.717) is 0 Å². The molecule has 0 atom stereocenters. The maximum atomic E-state index is 6.14. The molecule has 1 aromatic heterocycles. The van der Waals surface area contributed by atoms with Crippen molar-refractivity contribution in [2.24, 2.45) is 0 Å². The van der Waals surface area contributed by atoms with Gasteiger partial charge in [-0.3, -0.25) is 4.98 Å². The Kier molecular flexibility index (Phi) is 3.47. The van der Waals surface area contributed by atoms with Crippen LogP contribution in [-0.4, -0.2) is 23.3 Å². The molecule has 0 amide bonds. The molecule has 3 nitrogen and oxygen atoms in total. The molecule has 1 saturated heterocycles. The molecule has 1 aromatic carbocycles. The summed E-state index contributed by atoms with van der Waals surface area (Å²) in [5.41, 5.74) is 4.66. The van der Waals surface area contributed by atoms with Gasteiger partial charge in [-0.15, -0.1) is 11.3 Å². The van der Waals surface area contributed by atoms with E-state index in [1.54, 1.807) is 11.3 Å². The third-order valence-electron chi connectivity index (χ3n) is 4.34. The molecule has 0 saturated carbocycles. The number of hydrogen-bond donors (Lipinski definition) is 0. The Labute approximate surface area is 130 Å². The van der Waals surface area contributed by atoms with Gasteiger partial charge in [-0.2, -0.15) is 0 Å². The van der Waals surface area contributed by atoms with E-state index in [1.165, 1.54) is 11.1 Å². The standard InChI is InChI=1S/C16H20BNO2S/c1-11-6-12(14-9-18-10-21-14)8-13(7-11)17-19-15(2,3)16(4,5)20-17/h6-10H,1-5H3. The third-order valence-corrected chi connectivity index (χ3v) is 5.16. The minimum Gasteiger partial charge on any atom is -0.399 e. The highest BCUT2D eigenvalue weighted by Crippen LogP contribution is 2.36. The Bertz CT molecular complexity index is 636. The number of hydrogen-bond acceptors (Lipinski definition) is 4. The molecule has 110 valence electrons. The third kappa shape index (κ3) is 2.66. The molecule has 2 aromatic rings. The van der Waals surface area contributed by atoms with Crippen LogP contribution in [0.15, 0.2) is 29.9 Å². The topological polar surface area (TPSA) is 31.4 Å². The summed E-state index contributed by atoms with van der Waals surface area (Å²) in [6.07, 6.45) is 1.90. The van der Waals surface area contributed by atoms with Crippen molar-refractivity contribution in [3.8, 4) is 10.4 Å². The quantitative estimate of drug-likeness (QED) is 0.797. The minimum atomic E-state index is -0.318. The fourth-order valence-electron chi connectivity index (χ4n) is 2.43. The van der Waals surface area contributed by atoms with E-state index in [-0.39, 0.29) is 18.3 Å². The minimum absolute atomic E-state index is 0.313. The molecule has 0 N–H and O–H groups in total. The maximum Gasteiger partial charge on any atom is 0.494 e. The predicted molar refractivity (Wildman–Crippen MR) is 88.0 cm³/mol. The number of aromatic nitrogens is 1. The smallest absolute Gasteiger partial charge is 0.399 e. The summed E-state index contributed by atoms with van der Waals surface area (Å²) in [5, 5.41) is 0. The normalized spacial score (nSPS) is 20.0. The van der Waals surface area contributed by atoms with E-state index in [4.69, 9.17) is 9.31 Å². The zero-order valence-electron chi connectivity index (χ0n) is 13.1. The van der Waals surface area contributed by atoms with Crippen LogP contribution in [0.25, 0.3) is 10.4 Å². The van der Waals surface area contributed by atoms with Crippen molar-refractivity contribution < 1.29 is 9.31 Å². The lowest BCUT2D eigenvalue weighted by atomic mass is 9.77. The Morgan fingerprint density at radius 1 is 1.05 bits per heavy atom. The molecule has 1 fully saturated rings. The zero-order chi connectivity index (χ0) is 15.3. The van der Waals surface area contributed by atoms with Crippen LogP contribution in [-0.2, 0) is 9.31 Å². The summed E-state index contributed by atoms with van der Waals surface area (Å²) >= 11 is 1.64. The summed E-state index contributed by atoms with van der Waals surface area (Å²) in [6, 6.07) is 6.44. The zero-order valence-corrected chi connectivity index (χ0v) is 14.0. The summed E-state index contributed by atoms with van der Waals surface area (Å²) in [7, 11) is -0.318. The van der Waals surface area contributed by atoms with Gasteiger partial charge in [-0.05, 0) is 45.6 Å². The molecule has 0 spiro atoms. The van der Waals surface area contributed by atoms with Gasteiger partial charge in [0.15, 0.2) is 0 Å². The lowest BCUT2D eigenvalue weighted by Crippen LogP contribution is -2.41. The van der Waals surface area contributed by atoms with Crippen LogP contribution in [0.2, 0.25) is 0 Å². The fourth-order valence-corrected chi connectivity index (χ4v) is 3.04. The van der Waals surface area contributed by atoms with Gasteiger partial charge in [0, 0.05) is 6.20 Å². The Hall–Kier alpha value is -1.17. The molecule has 21 heavy (non-hydrogen) atoms. The monoisotopic (exact) mass is 301 g/mol. The van der Waals surface area contributed by atoms with Gasteiger partial charge in [0.1, 0.15) is 0 Å². The molecule has 0 bridgehead atoms. The van der Waals surface area contributed by atoms with Crippen LogP contribution in [0.3, 0.4) is 0 Å². The van der Waals surface area contributed by atoms with Crippen molar-refractivity contribution >= 4 is 23.9 Å². The average Bonchev–Trinajstić information content (AvgIpc) is 2.96. The van der Waals surface area contributed by atoms with E-state index in [1.807, 2.05) is 11.7 Å². The first-order valence-electron chi connectivity index (χ1n) is 7.15. The van der Waals surface area contributed by atoms with Crippen molar-refractivity contribution in [1.29, 1.82) is 0 Å². The molecule has 1 aliphatic heterocycles. The highest BCUT2D eigenvalue weighted by Gasteiger charge is 2.51. The van der Waals surface area contributed by atoms with Crippen molar-refractivity contribution in [1.82, 2.24) is 4.98 Å². The second-order valence-corrected chi connectivity index (χ2v) is 7.47. The first-order chi connectivity index (χ1) is 9.78. The first-order valence-corrected chi connectivity index (χ1v) is 8.02. The number of nitrogens with zero attached hydrogens (tertiary/aromatic N) is 1. The molecular formula is C16H20BNO2S. The van der Waals surface area contributed by atoms with E-state index < -0.39 is 0 Å². The van der Waals surface area contributed by atoms with Crippen LogP contribution in [0.5, 0.6) is 0 Å². The summed E-state index contributed by atoms with van der Waals surface area (Å²) in [5.74, 6) is 0.